The van der Waals surface area contributed by atoms with Gasteiger partial charge in [-0.15, -0.1) is 0 Å². The Hall–Kier alpha value is 0.270. The Kier molecular flexibility index (Phi) is 4.26. The normalized spacial score (nSPS) is 30.0. The van der Waals surface area contributed by atoms with Gasteiger partial charge in [-0.25, -0.2) is 0 Å². The maximum absolute atomic E-state index is 4.03. The van der Waals surface area contributed by atoms with E-state index in [-0.39, 0.29) is 0 Å². The van der Waals surface area contributed by atoms with Crippen LogP contribution in [0.2, 0.25) is 0 Å². The van der Waals surface area contributed by atoms with Crippen LogP contribution in [0.4, 0.5) is 0 Å². The molecule has 0 aliphatic heterocycles. The van der Waals surface area contributed by atoms with Crippen molar-refractivity contribution in [3.63, 3.8) is 0 Å². The molecule has 0 amide bonds. The summed E-state index contributed by atoms with van der Waals surface area (Å²) in [5.41, 5.74) is 0. The van der Waals surface area contributed by atoms with Crippen LogP contribution in [-0.4, -0.2) is 19.1 Å². The first-order valence-electron chi connectivity index (χ1n) is 4.47. The van der Waals surface area contributed by atoms with E-state index in [4.69, 9.17) is 0 Å². The Bertz CT molecular complexity index is 102. The summed E-state index contributed by atoms with van der Waals surface area (Å²) in [7, 11) is 0. The van der Waals surface area contributed by atoms with E-state index in [1.54, 1.807) is 0 Å². The lowest BCUT2D eigenvalue weighted by atomic mass is 9.81. The van der Waals surface area contributed by atoms with Crippen LogP contribution >= 0.6 is 12.8 Å². The van der Waals surface area contributed by atoms with Crippen molar-refractivity contribution in [1.82, 2.24) is 10.0 Å². The maximum atomic E-state index is 4.03. The SMILES string of the molecule is CCCNCC1CC(NS)C1. The quantitative estimate of drug-likeness (QED) is 0.431. The predicted octanol–water partition coefficient (Wildman–Crippen LogP) is 1.20. The highest BCUT2D eigenvalue weighted by molar-refractivity contribution is 7.78. The van der Waals surface area contributed by atoms with Gasteiger partial charge in [-0.2, -0.15) is 0 Å². The third-order valence-corrected chi connectivity index (χ3v) is 2.64. The lowest BCUT2D eigenvalue weighted by Gasteiger charge is -2.34. The largest absolute Gasteiger partial charge is 0.316 e. The van der Waals surface area contributed by atoms with Gasteiger partial charge in [-0.3, -0.25) is 4.72 Å². The molecule has 1 aliphatic rings. The van der Waals surface area contributed by atoms with Gasteiger partial charge in [-0.05, 0) is 38.3 Å². The smallest absolute Gasteiger partial charge is 0.0175 e. The van der Waals surface area contributed by atoms with Crippen LogP contribution in [0, 0.1) is 5.92 Å². The molecule has 1 fully saturated rings. The van der Waals surface area contributed by atoms with Crippen molar-refractivity contribution in [1.29, 1.82) is 0 Å². The van der Waals surface area contributed by atoms with Crippen LogP contribution in [0.15, 0.2) is 0 Å². The topological polar surface area (TPSA) is 24.1 Å². The van der Waals surface area contributed by atoms with Gasteiger partial charge in [0, 0.05) is 6.04 Å². The molecular formula is C8H18N2S. The molecule has 2 N–H and O–H groups in total. The third kappa shape index (κ3) is 3.01. The highest BCUT2D eigenvalue weighted by Gasteiger charge is 2.27. The van der Waals surface area contributed by atoms with Gasteiger partial charge >= 0.3 is 0 Å². The van der Waals surface area contributed by atoms with Gasteiger partial charge in [0.05, 0.1) is 0 Å². The average molecular weight is 174 g/mol. The Labute approximate surface area is 74.7 Å². The molecule has 1 aliphatic carbocycles. The van der Waals surface area contributed by atoms with Crippen LogP contribution in [0.25, 0.3) is 0 Å². The number of hydrogen-bond acceptors (Lipinski definition) is 3. The summed E-state index contributed by atoms with van der Waals surface area (Å²) in [6.07, 6.45) is 3.82. The van der Waals surface area contributed by atoms with E-state index in [0.29, 0.717) is 6.04 Å². The molecule has 1 saturated carbocycles. The van der Waals surface area contributed by atoms with Gasteiger partial charge in [0.25, 0.3) is 0 Å². The molecule has 66 valence electrons. The van der Waals surface area contributed by atoms with Crippen molar-refractivity contribution in [2.24, 2.45) is 5.92 Å². The Balaban J connectivity index is 1.88. The molecule has 0 unspecified atom stereocenters. The zero-order valence-corrected chi connectivity index (χ0v) is 8.03. The fraction of sp³-hybridized carbons (Fsp3) is 1.00. The second kappa shape index (κ2) is 5.01. The lowest BCUT2D eigenvalue weighted by molar-refractivity contribution is 0.245. The van der Waals surface area contributed by atoms with Gasteiger partial charge in [0.1, 0.15) is 0 Å². The molecule has 0 aromatic heterocycles. The first-order chi connectivity index (χ1) is 5.36. The summed E-state index contributed by atoms with van der Waals surface area (Å²) < 4.78 is 2.99. The first kappa shape index (κ1) is 9.36. The van der Waals surface area contributed by atoms with Crippen molar-refractivity contribution in [3.05, 3.63) is 0 Å². The van der Waals surface area contributed by atoms with Crippen molar-refractivity contribution in [2.75, 3.05) is 13.1 Å². The lowest BCUT2D eigenvalue weighted by Crippen LogP contribution is -2.41. The van der Waals surface area contributed by atoms with Crippen LogP contribution in [0.3, 0.4) is 0 Å². The maximum Gasteiger partial charge on any atom is 0.0175 e. The fourth-order valence-corrected chi connectivity index (χ4v) is 1.70. The Morgan fingerprint density at radius 2 is 2.18 bits per heavy atom. The molecule has 0 atom stereocenters. The van der Waals surface area contributed by atoms with E-state index in [9.17, 15) is 0 Å². The van der Waals surface area contributed by atoms with Gasteiger partial charge in [0.2, 0.25) is 0 Å². The molecule has 0 saturated heterocycles. The van der Waals surface area contributed by atoms with E-state index in [2.05, 4.69) is 29.8 Å². The molecule has 0 radical (unpaired) electrons. The van der Waals surface area contributed by atoms with Crippen molar-refractivity contribution in [2.45, 2.75) is 32.2 Å². The van der Waals surface area contributed by atoms with Crippen molar-refractivity contribution in [3.8, 4) is 0 Å². The zero-order valence-electron chi connectivity index (χ0n) is 7.14. The van der Waals surface area contributed by atoms with Crippen LogP contribution in [-0.2, 0) is 0 Å². The second-order valence-electron chi connectivity index (χ2n) is 3.37. The summed E-state index contributed by atoms with van der Waals surface area (Å²) in [6, 6.07) is 0.673. The Morgan fingerprint density at radius 1 is 1.45 bits per heavy atom. The zero-order chi connectivity index (χ0) is 8.10. The number of thiol groups is 1. The number of hydrogen-bond donors (Lipinski definition) is 3. The minimum atomic E-state index is 0.673. The summed E-state index contributed by atoms with van der Waals surface area (Å²) >= 11 is 4.03. The van der Waals surface area contributed by atoms with E-state index >= 15 is 0 Å². The van der Waals surface area contributed by atoms with Gasteiger partial charge in [0.15, 0.2) is 0 Å². The second-order valence-corrected chi connectivity index (χ2v) is 3.63. The number of nitrogens with one attached hydrogen (secondary N) is 2. The minimum Gasteiger partial charge on any atom is -0.316 e. The molecule has 1 rings (SSSR count). The first-order valence-corrected chi connectivity index (χ1v) is 4.91. The molecule has 0 heterocycles. The van der Waals surface area contributed by atoms with E-state index in [1.165, 1.54) is 25.8 Å². The van der Waals surface area contributed by atoms with E-state index < -0.39 is 0 Å². The van der Waals surface area contributed by atoms with Gasteiger partial charge in [-0.1, -0.05) is 19.7 Å². The molecule has 0 aromatic carbocycles. The molecule has 0 aromatic rings. The standard InChI is InChI=1S/C8H18N2S/c1-2-3-9-6-7-4-8(5-7)10-11/h7-11H,2-6H2,1H3. The predicted molar refractivity (Wildman–Crippen MR) is 51.8 cm³/mol. The minimum absolute atomic E-state index is 0.673. The molecule has 0 bridgehead atoms. The summed E-state index contributed by atoms with van der Waals surface area (Å²) in [6.45, 7) is 4.56. The fourth-order valence-electron chi connectivity index (χ4n) is 1.49. The van der Waals surface area contributed by atoms with E-state index in [1.807, 2.05) is 0 Å². The average Bonchev–Trinajstić information content (AvgIpc) is 1.94. The molecule has 2 nitrogen and oxygen atoms in total. The van der Waals surface area contributed by atoms with Crippen LogP contribution < -0.4 is 10.0 Å². The summed E-state index contributed by atoms with van der Waals surface area (Å²) in [5.74, 6) is 0.895. The van der Waals surface area contributed by atoms with Crippen molar-refractivity contribution < 1.29 is 0 Å². The van der Waals surface area contributed by atoms with E-state index in [0.717, 1.165) is 12.5 Å². The summed E-state index contributed by atoms with van der Waals surface area (Å²) in [5, 5.41) is 3.43. The molecule has 0 spiro atoms. The summed E-state index contributed by atoms with van der Waals surface area (Å²) in [4.78, 5) is 0. The molecular weight excluding hydrogens is 156 g/mol. The van der Waals surface area contributed by atoms with Gasteiger partial charge < -0.3 is 5.32 Å². The molecule has 3 heteroatoms. The third-order valence-electron chi connectivity index (χ3n) is 2.28. The van der Waals surface area contributed by atoms with Crippen LogP contribution in [0.1, 0.15) is 26.2 Å². The number of rotatable bonds is 5. The highest BCUT2D eigenvalue weighted by Crippen LogP contribution is 2.26. The Morgan fingerprint density at radius 3 is 2.73 bits per heavy atom. The van der Waals surface area contributed by atoms with Crippen molar-refractivity contribution >= 4 is 12.8 Å². The van der Waals surface area contributed by atoms with Crippen LogP contribution in [0.5, 0.6) is 0 Å². The molecule has 11 heavy (non-hydrogen) atoms. The highest BCUT2D eigenvalue weighted by atomic mass is 32.1. The monoisotopic (exact) mass is 174 g/mol.